The van der Waals surface area contributed by atoms with Crippen LogP contribution in [0.1, 0.15) is 61.8 Å². The van der Waals surface area contributed by atoms with Gasteiger partial charge in [0.1, 0.15) is 11.6 Å². The molecule has 0 aliphatic carbocycles. The third-order valence-corrected chi connectivity index (χ3v) is 1.15. The van der Waals surface area contributed by atoms with Gasteiger partial charge in [-0.2, -0.15) is 0 Å². The van der Waals surface area contributed by atoms with Crippen molar-refractivity contribution in [3.63, 3.8) is 0 Å². The van der Waals surface area contributed by atoms with E-state index in [1.54, 1.807) is 0 Å². The number of carbonyl (C=O) groups excluding carboxylic acids is 1. The molecule has 0 aromatic rings. The number of esters is 1. The van der Waals surface area contributed by atoms with E-state index in [2.05, 4.69) is 0 Å². The summed E-state index contributed by atoms with van der Waals surface area (Å²) in [4.78, 5) is 11.0. The Morgan fingerprint density at radius 3 is 1.65 bits per heavy atom. The first kappa shape index (κ1) is 30.8. The number of hydrogen-bond acceptors (Lipinski definition) is 3. The monoisotopic (exact) mass is 273 g/mol. The van der Waals surface area contributed by atoms with E-state index in [1.165, 1.54) is 0 Å². The smallest absolute Gasteiger partial charge is 0.459 e. The van der Waals surface area contributed by atoms with Crippen LogP contribution in [0.15, 0.2) is 0 Å². The molecular formula is C13H32KNO2. The summed E-state index contributed by atoms with van der Waals surface area (Å²) in [5.74, 6) is -0.319. The summed E-state index contributed by atoms with van der Waals surface area (Å²) in [6.07, 6.45) is 0.620. The molecule has 1 atom stereocenters. The Hall–Kier alpha value is 1.07. The zero-order valence-electron chi connectivity index (χ0n) is 13.7. The van der Waals surface area contributed by atoms with Gasteiger partial charge >= 0.3 is 57.4 Å². The maximum absolute atomic E-state index is 11.0. The summed E-state index contributed by atoms with van der Waals surface area (Å²) in [6, 6.07) is -0.478. The van der Waals surface area contributed by atoms with Crippen LogP contribution >= 0.6 is 0 Å². The molecule has 17 heavy (non-hydrogen) atoms. The molecule has 0 fully saturated rings. The van der Waals surface area contributed by atoms with Gasteiger partial charge < -0.3 is 17.9 Å². The number of ether oxygens (including phenoxy) is 1. The number of rotatable bonds is 2. The van der Waals surface area contributed by atoms with Crippen molar-refractivity contribution in [2.75, 3.05) is 0 Å². The molecule has 3 nitrogen and oxygen atoms in total. The van der Waals surface area contributed by atoms with E-state index in [0.29, 0.717) is 6.42 Å². The average Bonchev–Trinajstić information content (AvgIpc) is 2.20. The predicted octanol–water partition coefficient (Wildman–Crippen LogP) is 0.572. The fourth-order valence-corrected chi connectivity index (χ4v) is 0.544. The minimum Gasteiger partial charge on any atom is -0.459 e. The maximum atomic E-state index is 11.0. The van der Waals surface area contributed by atoms with E-state index in [1.807, 2.05) is 55.4 Å². The second kappa shape index (κ2) is 19.4. The van der Waals surface area contributed by atoms with Crippen LogP contribution in [0.5, 0.6) is 0 Å². The van der Waals surface area contributed by atoms with Gasteiger partial charge in [0.25, 0.3) is 0 Å². The van der Waals surface area contributed by atoms with Crippen molar-refractivity contribution in [2.45, 2.75) is 73.5 Å². The molecular weight excluding hydrogens is 241 g/mol. The van der Waals surface area contributed by atoms with Crippen LogP contribution in [0.2, 0.25) is 0 Å². The van der Waals surface area contributed by atoms with E-state index in [9.17, 15) is 4.79 Å². The van der Waals surface area contributed by atoms with Gasteiger partial charge in [-0.3, -0.25) is 4.79 Å². The van der Waals surface area contributed by atoms with Crippen molar-refractivity contribution in [1.29, 1.82) is 0 Å². The largest absolute Gasteiger partial charge is 1.00 e. The van der Waals surface area contributed by atoms with Crippen LogP contribution in [0.3, 0.4) is 0 Å². The van der Waals surface area contributed by atoms with Gasteiger partial charge in [0.15, 0.2) is 0 Å². The Balaban J connectivity index is -0.0000000720. The van der Waals surface area contributed by atoms with Crippen molar-refractivity contribution in [3.8, 4) is 0 Å². The fraction of sp³-hybridized carbons (Fsp3) is 0.846. The average molecular weight is 274 g/mol. The normalized spacial score (nSPS) is 9.94. The van der Waals surface area contributed by atoms with Gasteiger partial charge in [-0.1, -0.05) is 34.6 Å². The Labute approximate surface area is 152 Å². The maximum Gasteiger partial charge on any atom is 1.00 e. The number of carbonyl (C=O) groups is 1. The van der Waals surface area contributed by atoms with Crippen LogP contribution in [0.4, 0.5) is 0 Å². The Kier molecular flexibility index (Phi) is 35.2. The zero-order valence-corrected chi connectivity index (χ0v) is 16.8. The van der Waals surface area contributed by atoms with Crippen LogP contribution in [-0.4, -0.2) is 17.6 Å². The molecule has 0 radical (unpaired) electrons. The SMILES string of the molecule is CC.CC.CCC(N)C(=O)OC(C)(C)C.[CH3-].[K+]. The molecule has 0 aromatic carbocycles. The first-order valence-electron chi connectivity index (χ1n) is 5.85. The van der Waals surface area contributed by atoms with E-state index in [4.69, 9.17) is 10.5 Å². The summed E-state index contributed by atoms with van der Waals surface area (Å²) in [7, 11) is 0. The van der Waals surface area contributed by atoms with Gasteiger partial charge in [0, 0.05) is 0 Å². The van der Waals surface area contributed by atoms with Crippen molar-refractivity contribution in [3.05, 3.63) is 7.43 Å². The second-order valence-corrected chi connectivity index (χ2v) is 3.55. The predicted molar refractivity (Wildman–Crippen MR) is 73.2 cm³/mol. The van der Waals surface area contributed by atoms with Crippen molar-refractivity contribution in [1.82, 2.24) is 0 Å². The van der Waals surface area contributed by atoms with Crippen molar-refractivity contribution in [2.24, 2.45) is 5.73 Å². The summed E-state index contributed by atoms with van der Waals surface area (Å²) < 4.78 is 5.03. The molecule has 1 unspecified atom stereocenters. The molecule has 0 amide bonds. The molecule has 0 bridgehead atoms. The third kappa shape index (κ3) is 26.6. The first-order chi connectivity index (χ1) is 6.87. The van der Waals surface area contributed by atoms with Gasteiger partial charge in [-0.25, -0.2) is 0 Å². The number of nitrogens with two attached hydrogens (primary N) is 1. The molecule has 0 rings (SSSR count). The standard InChI is InChI=1S/C8H17NO2.2C2H6.CH3.K/c1-5-6(9)7(10)11-8(2,3)4;2*1-2;;/h6H,5,9H2,1-4H3;2*1-2H3;1H3;/q;;;-1;+1. The molecule has 0 saturated heterocycles. The molecule has 4 heteroatoms. The van der Waals surface area contributed by atoms with Gasteiger partial charge in [-0.15, -0.1) is 0 Å². The molecule has 0 aromatic heterocycles. The van der Waals surface area contributed by atoms with Crippen LogP contribution in [-0.2, 0) is 9.53 Å². The Bertz CT molecular complexity index is 145. The van der Waals surface area contributed by atoms with Gasteiger partial charge in [0.05, 0.1) is 0 Å². The van der Waals surface area contributed by atoms with Gasteiger partial charge in [-0.05, 0) is 27.2 Å². The third-order valence-electron chi connectivity index (χ3n) is 1.15. The topological polar surface area (TPSA) is 52.3 Å². The van der Waals surface area contributed by atoms with Gasteiger partial charge in [0.2, 0.25) is 0 Å². The molecule has 102 valence electrons. The quantitative estimate of drug-likeness (QED) is 0.455. The summed E-state index contributed by atoms with van der Waals surface area (Å²) >= 11 is 0. The molecule has 0 spiro atoms. The van der Waals surface area contributed by atoms with E-state index >= 15 is 0 Å². The first-order valence-corrected chi connectivity index (χ1v) is 5.85. The summed E-state index contributed by atoms with van der Waals surface area (Å²) in [5.41, 5.74) is 5.02. The van der Waals surface area contributed by atoms with Crippen LogP contribution in [0, 0.1) is 7.43 Å². The molecule has 0 heterocycles. The minimum atomic E-state index is -0.478. The van der Waals surface area contributed by atoms with E-state index < -0.39 is 11.6 Å². The molecule has 0 saturated carbocycles. The van der Waals surface area contributed by atoms with Crippen molar-refractivity contribution < 1.29 is 60.9 Å². The second-order valence-electron chi connectivity index (χ2n) is 3.55. The fourth-order valence-electron chi connectivity index (χ4n) is 0.544. The minimum absolute atomic E-state index is 0. The Morgan fingerprint density at radius 1 is 1.18 bits per heavy atom. The van der Waals surface area contributed by atoms with Crippen LogP contribution in [0.25, 0.3) is 0 Å². The summed E-state index contributed by atoms with van der Waals surface area (Å²) in [5, 5.41) is 0. The van der Waals surface area contributed by atoms with Crippen molar-refractivity contribution >= 4 is 5.97 Å². The molecule has 2 N–H and O–H groups in total. The summed E-state index contributed by atoms with van der Waals surface area (Å²) in [6.45, 7) is 15.3. The zero-order chi connectivity index (χ0) is 13.1. The van der Waals surface area contributed by atoms with E-state index in [-0.39, 0.29) is 64.8 Å². The molecule has 0 aliphatic heterocycles. The van der Waals surface area contributed by atoms with E-state index in [0.717, 1.165) is 0 Å². The Morgan fingerprint density at radius 2 is 1.47 bits per heavy atom. The molecule has 0 aliphatic rings. The van der Waals surface area contributed by atoms with Crippen LogP contribution < -0.4 is 57.1 Å². The number of hydrogen-bond donors (Lipinski definition) is 1.